The van der Waals surface area contributed by atoms with Crippen molar-refractivity contribution >= 4 is 5.97 Å². The van der Waals surface area contributed by atoms with E-state index in [0.717, 1.165) is 13.0 Å². The van der Waals surface area contributed by atoms with Crippen molar-refractivity contribution in [1.82, 2.24) is 4.90 Å². The molecule has 18 heavy (non-hydrogen) atoms. The summed E-state index contributed by atoms with van der Waals surface area (Å²) in [5, 5.41) is 9.04. The molecule has 0 fully saturated rings. The van der Waals surface area contributed by atoms with Crippen LogP contribution in [0.2, 0.25) is 0 Å². The van der Waals surface area contributed by atoms with Gasteiger partial charge in [0.2, 0.25) is 0 Å². The Balaban J connectivity index is 4.19. The van der Waals surface area contributed by atoms with Crippen LogP contribution in [0.4, 0.5) is 0 Å². The van der Waals surface area contributed by atoms with Crippen molar-refractivity contribution in [1.29, 1.82) is 0 Å². The predicted octanol–water partition coefficient (Wildman–Crippen LogP) is 0.461. The molecule has 0 aliphatic carbocycles. The number of nitrogens with zero attached hydrogens (tertiary/aromatic N) is 1. The Morgan fingerprint density at radius 1 is 1.22 bits per heavy atom. The summed E-state index contributed by atoms with van der Waals surface area (Å²) < 4.78 is 15.2. The van der Waals surface area contributed by atoms with Crippen LogP contribution in [-0.4, -0.2) is 75.8 Å². The molecule has 0 aliphatic heterocycles. The molecule has 108 valence electrons. The van der Waals surface area contributed by atoms with Gasteiger partial charge in [-0.25, -0.2) is 4.79 Å². The standard InChI is InChI=1S/C12H25NO5/c1-4-18-11(12(14)15)10-13(7-9-17-3)6-5-8-16-2/h11H,4-10H2,1-3H3,(H,14,15). The zero-order valence-electron chi connectivity index (χ0n) is 11.6. The Hall–Kier alpha value is -0.690. The zero-order valence-corrected chi connectivity index (χ0v) is 11.6. The smallest absolute Gasteiger partial charge is 0.334 e. The van der Waals surface area contributed by atoms with Crippen LogP contribution in [0.5, 0.6) is 0 Å². The molecule has 6 heteroatoms. The fraction of sp³-hybridized carbons (Fsp3) is 0.917. The van der Waals surface area contributed by atoms with Gasteiger partial charge in [-0.2, -0.15) is 0 Å². The Labute approximate surface area is 109 Å². The molecule has 1 N–H and O–H groups in total. The van der Waals surface area contributed by atoms with E-state index in [1.807, 2.05) is 4.90 Å². The van der Waals surface area contributed by atoms with Crippen LogP contribution < -0.4 is 0 Å². The van der Waals surface area contributed by atoms with Crippen LogP contribution in [0.3, 0.4) is 0 Å². The first-order valence-corrected chi connectivity index (χ1v) is 6.20. The number of hydrogen-bond donors (Lipinski definition) is 1. The van der Waals surface area contributed by atoms with Crippen LogP contribution >= 0.6 is 0 Å². The summed E-state index contributed by atoms with van der Waals surface area (Å²) in [5.41, 5.74) is 0. The summed E-state index contributed by atoms with van der Waals surface area (Å²) in [4.78, 5) is 13.0. The fourth-order valence-electron chi connectivity index (χ4n) is 1.59. The molecule has 0 saturated carbocycles. The average Bonchev–Trinajstić information content (AvgIpc) is 2.34. The third-order valence-corrected chi connectivity index (χ3v) is 2.50. The molecule has 0 aromatic heterocycles. The summed E-state index contributed by atoms with van der Waals surface area (Å²) in [6, 6.07) is 0. The number of carbonyl (C=O) groups is 1. The lowest BCUT2D eigenvalue weighted by Gasteiger charge is -2.25. The van der Waals surface area contributed by atoms with E-state index in [1.54, 1.807) is 21.1 Å². The maximum absolute atomic E-state index is 11.0. The second-order valence-corrected chi connectivity index (χ2v) is 3.92. The highest BCUT2D eigenvalue weighted by atomic mass is 16.5. The van der Waals surface area contributed by atoms with Crippen molar-refractivity contribution in [3.05, 3.63) is 0 Å². The molecule has 0 aromatic carbocycles. The minimum atomic E-state index is -0.925. The predicted molar refractivity (Wildman–Crippen MR) is 67.9 cm³/mol. The lowest BCUT2D eigenvalue weighted by molar-refractivity contribution is -0.151. The molecule has 0 aromatic rings. The van der Waals surface area contributed by atoms with E-state index in [1.165, 1.54) is 0 Å². The van der Waals surface area contributed by atoms with E-state index >= 15 is 0 Å². The molecule has 6 nitrogen and oxygen atoms in total. The molecule has 1 unspecified atom stereocenters. The van der Waals surface area contributed by atoms with Gasteiger partial charge in [0.25, 0.3) is 0 Å². The van der Waals surface area contributed by atoms with Gasteiger partial charge in [-0.15, -0.1) is 0 Å². The van der Waals surface area contributed by atoms with E-state index in [0.29, 0.717) is 32.9 Å². The Kier molecular flexibility index (Phi) is 11.0. The van der Waals surface area contributed by atoms with Crippen molar-refractivity contribution in [2.75, 3.05) is 53.7 Å². The maximum atomic E-state index is 11.0. The van der Waals surface area contributed by atoms with E-state index in [4.69, 9.17) is 19.3 Å². The largest absolute Gasteiger partial charge is 0.479 e. The Bertz CT molecular complexity index is 213. The van der Waals surface area contributed by atoms with Crippen molar-refractivity contribution in [2.45, 2.75) is 19.4 Å². The molecule has 0 rings (SSSR count). The number of hydrogen-bond acceptors (Lipinski definition) is 5. The van der Waals surface area contributed by atoms with Gasteiger partial charge in [0.15, 0.2) is 6.10 Å². The van der Waals surface area contributed by atoms with E-state index in [2.05, 4.69) is 0 Å². The molecule has 0 bridgehead atoms. The summed E-state index contributed by atoms with van der Waals surface area (Å²) in [6.07, 6.45) is 0.0768. The van der Waals surface area contributed by atoms with Gasteiger partial charge in [0.1, 0.15) is 0 Å². The summed E-state index contributed by atoms with van der Waals surface area (Å²) in [7, 11) is 3.28. The molecule has 0 amide bonds. The van der Waals surface area contributed by atoms with Gasteiger partial charge < -0.3 is 19.3 Å². The summed E-state index contributed by atoms with van der Waals surface area (Å²) in [5.74, 6) is -0.925. The van der Waals surface area contributed by atoms with Crippen molar-refractivity contribution < 1.29 is 24.1 Å². The first-order valence-electron chi connectivity index (χ1n) is 6.20. The molecule has 0 spiro atoms. The van der Waals surface area contributed by atoms with Gasteiger partial charge in [-0.1, -0.05) is 0 Å². The lowest BCUT2D eigenvalue weighted by Crippen LogP contribution is -2.41. The van der Waals surface area contributed by atoms with Crippen molar-refractivity contribution in [2.24, 2.45) is 0 Å². The molecule has 0 saturated heterocycles. The second-order valence-electron chi connectivity index (χ2n) is 3.92. The number of rotatable bonds is 12. The van der Waals surface area contributed by atoms with E-state index in [-0.39, 0.29) is 0 Å². The second kappa shape index (κ2) is 11.4. The SMILES string of the molecule is CCOC(CN(CCCOC)CCOC)C(=O)O. The molecule has 0 aliphatic rings. The van der Waals surface area contributed by atoms with E-state index < -0.39 is 12.1 Å². The highest BCUT2D eigenvalue weighted by molar-refractivity contribution is 5.72. The molecule has 1 atom stereocenters. The van der Waals surface area contributed by atoms with Gasteiger partial charge in [0.05, 0.1) is 6.61 Å². The molecular formula is C12H25NO5. The quantitative estimate of drug-likeness (QED) is 0.516. The first kappa shape index (κ1) is 17.3. The number of ether oxygens (including phenoxy) is 3. The Morgan fingerprint density at radius 3 is 2.39 bits per heavy atom. The maximum Gasteiger partial charge on any atom is 0.334 e. The normalized spacial score (nSPS) is 12.9. The highest BCUT2D eigenvalue weighted by Gasteiger charge is 2.20. The minimum absolute atomic E-state index is 0.371. The van der Waals surface area contributed by atoms with Gasteiger partial charge in [-0.05, 0) is 13.3 Å². The summed E-state index contributed by atoms with van der Waals surface area (Å²) >= 11 is 0. The van der Waals surface area contributed by atoms with Crippen LogP contribution in [0.1, 0.15) is 13.3 Å². The zero-order chi connectivity index (χ0) is 13.8. The van der Waals surface area contributed by atoms with Crippen LogP contribution in [0, 0.1) is 0 Å². The lowest BCUT2D eigenvalue weighted by atomic mass is 10.3. The number of methoxy groups -OCH3 is 2. The van der Waals surface area contributed by atoms with Crippen LogP contribution in [0.15, 0.2) is 0 Å². The molecule has 0 heterocycles. The monoisotopic (exact) mass is 263 g/mol. The average molecular weight is 263 g/mol. The van der Waals surface area contributed by atoms with Crippen molar-refractivity contribution in [3.63, 3.8) is 0 Å². The number of aliphatic carboxylic acids is 1. The third kappa shape index (κ3) is 8.41. The highest BCUT2D eigenvalue weighted by Crippen LogP contribution is 2.00. The van der Waals surface area contributed by atoms with Crippen molar-refractivity contribution in [3.8, 4) is 0 Å². The fourth-order valence-corrected chi connectivity index (χ4v) is 1.59. The topological polar surface area (TPSA) is 68.2 Å². The van der Waals surface area contributed by atoms with Crippen LogP contribution in [0.25, 0.3) is 0 Å². The molecule has 0 radical (unpaired) electrons. The van der Waals surface area contributed by atoms with Gasteiger partial charge in [-0.3, -0.25) is 4.90 Å². The minimum Gasteiger partial charge on any atom is -0.479 e. The van der Waals surface area contributed by atoms with E-state index in [9.17, 15) is 4.79 Å². The van der Waals surface area contributed by atoms with Gasteiger partial charge >= 0.3 is 5.97 Å². The third-order valence-electron chi connectivity index (χ3n) is 2.50. The number of carboxylic acid groups (broad SMARTS) is 1. The first-order chi connectivity index (χ1) is 8.65. The Morgan fingerprint density at radius 2 is 1.89 bits per heavy atom. The molecular weight excluding hydrogens is 238 g/mol. The number of carboxylic acids is 1. The summed E-state index contributed by atoms with van der Waals surface area (Å²) in [6.45, 7) is 5.26. The van der Waals surface area contributed by atoms with Gasteiger partial charge in [0, 0.05) is 47.1 Å². The van der Waals surface area contributed by atoms with Crippen LogP contribution in [-0.2, 0) is 19.0 Å².